The number of benzene rings is 1. The summed E-state index contributed by atoms with van der Waals surface area (Å²) < 4.78 is 26.1. The first-order valence-corrected chi connectivity index (χ1v) is 9.06. The zero-order valence-corrected chi connectivity index (χ0v) is 12.4. The second kappa shape index (κ2) is 6.17. The van der Waals surface area contributed by atoms with E-state index in [1.807, 2.05) is 24.3 Å². The Balaban J connectivity index is 2.19. The fourth-order valence-electron chi connectivity index (χ4n) is 1.92. The molecule has 1 aliphatic rings. The zero-order chi connectivity index (χ0) is 13.0. The molecule has 0 saturated carbocycles. The molecule has 2 rings (SSSR count). The standard InChI is InChI=1S/C12H16ClNO2S2/c13-7-3-4-10-18(15,16)14-8-9-17-12-6-2-1-5-11(12)14/h1-2,5-6H,3-4,7-10H2. The van der Waals surface area contributed by atoms with E-state index in [9.17, 15) is 8.42 Å². The molecule has 0 saturated heterocycles. The molecule has 3 nitrogen and oxygen atoms in total. The topological polar surface area (TPSA) is 37.4 Å². The second-order valence-corrected chi connectivity index (χ2v) is 7.63. The van der Waals surface area contributed by atoms with Crippen molar-refractivity contribution in [2.24, 2.45) is 0 Å². The number of fused-ring (bicyclic) bond motifs is 1. The van der Waals surface area contributed by atoms with Gasteiger partial charge in [0, 0.05) is 23.1 Å². The Hall–Kier alpha value is -0.390. The van der Waals surface area contributed by atoms with Crippen molar-refractivity contribution < 1.29 is 8.42 Å². The molecule has 0 aromatic heterocycles. The van der Waals surface area contributed by atoms with Crippen molar-refractivity contribution in [3.8, 4) is 0 Å². The van der Waals surface area contributed by atoms with Gasteiger partial charge in [0.25, 0.3) is 0 Å². The molecule has 0 radical (unpaired) electrons. The fourth-order valence-corrected chi connectivity index (χ4v) is 4.90. The van der Waals surface area contributed by atoms with Crippen molar-refractivity contribution in [2.45, 2.75) is 17.7 Å². The maximum absolute atomic E-state index is 12.3. The van der Waals surface area contributed by atoms with Gasteiger partial charge in [-0.05, 0) is 25.0 Å². The Labute approximate surface area is 118 Å². The highest BCUT2D eigenvalue weighted by molar-refractivity contribution is 8.00. The van der Waals surface area contributed by atoms with Gasteiger partial charge in [0.15, 0.2) is 0 Å². The van der Waals surface area contributed by atoms with E-state index < -0.39 is 10.0 Å². The summed E-state index contributed by atoms with van der Waals surface area (Å²) in [6.07, 6.45) is 1.36. The maximum atomic E-state index is 12.3. The minimum atomic E-state index is -3.21. The summed E-state index contributed by atoms with van der Waals surface area (Å²) >= 11 is 7.30. The number of unbranched alkanes of at least 4 members (excludes halogenated alkanes) is 1. The van der Waals surface area contributed by atoms with Crippen molar-refractivity contribution in [1.29, 1.82) is 0 Å². The Morgan fingerprint density at radius 2 is 2.06 bits per heavy atom. The minimum Gasteiger partial charge on any atom is -0.268 e. The summed E-state index contributed by atoms with van der Waals surface area (Å²) in [7, 11) is -3.21. The van der Waals surface area contributed by atoms with Crippen molar-refractivity contribution >= 4 is 39.1 Å². The van der Waals surface area contributed by atoms with Gasteiger partial charge < -0.3 is 0 Å². The number of alkyl halides is 1. The van der Waals surface area contributed by atoms with Crippen LogP contribution in [-0.2, 0) is 10.0 Å². The Bertz CT molecular complexity index is 505. The summed E-state index contributed by atoms with van der Waals surface area (Å²) in [4.78, 5) is 1.05. The van der Waals surface area contributed by atoms with E-state index in [0.717, 1.165) is 22.8 Å². The molecule has 0 amide bonds. The molecule has 18 heavy (non-hydrogen) atoms. The van der Waals surface area contributed by atoms with E-state index in [4.69, 9.17) is 11.6 Å². The monoisotopic (exact) mass is 305 g/mol. The van der Waals surface area contributed by atoms with E-state index in [0.29, 0.717) is 18.8 Å². The van der Waals surface area contributed by atoms with Gasteiger partial charge in [-0.15, -0.1) is 23.4 Å². The van der Waals surface area contributed by atoms with Crippen molar-refractivity contribution in [2.75, 3.05) is 28.2 Å². The predicted octanol–water partition coefficient (Wildman–Crippen LogP) is 2.95. The first-order valence-electron chi connectivity index (χ1n) is 5.93. The van der Waals surface area contributed by atoms with Gasteiger partial charge >= 0.3 is 0 Å². The van der Waals surface area contributed by atoms with Gasteiger partial charge in [-0.2, -0.15) is 0 Å². The van der Waals surface area contributed by atoms with Gasteiger partial charge in [0.1, 0.15) is 0 Å². The van der Waals surface area contributed by atoms with Crippen LogP contribution in [0.15, 0.2) is 29.2 Å². The molecular weight excluding hydrogens is 290 g/mol. The third-order valence-corrected chi connectivity index (χ3v) is 5.97. The van der Waals surface area contributed by atoms with E-state index in [-0.39, 0.29) is 5.75 Å². The van der Waals surface area contributed by atoms with Crippen LogP contribution in [0.3, 0.4) is 0 Å². The molecule has 0 bridgehead atoms. The highest BCUT2D eigenvalue weighted by atomic mass is 35.5. The molecule has 0 N–H and O–H groups in total. The van der Waals surface area contributed by atoms with E-state index in [1.54, 1.807) is 16.1 Å². The number of hydrogen-bond donors (Lipinski definition) is 0. The summed E-state index contributed by atoms with van der Waals surface area (Å²) in [6, 6.07) is 7.67. The highest BCUT2D eigenvalue weighted by Crippen LogP contribution is 2.35. The molecule has 1 aromatic carbocycles. The van der Waals surface area contributed by atoms with Crippen LogP contribution >= 0.6 is 23.4 Å². The van der Waals surface area contributed by atoms with Crippen LogP contribution in [0.2, 0.25) is 0 Å². The van der Waals surface area contributed by atoms with Crippen molar-refractivity contribution in [3.05, 3.63) is 24.3 Å². The third kappa shape index (κ3) is 3.13. The van der Waals surface area contributed by atoms with E-state index >= 15 is 0 Å². The van der Waals surface area contributed by atoms with Gasteiger partial charge in [-0.3, -0.25) is 4.31 Å². The molecule has 100 valence electrons. The smallest absolute Gasteiger partial charge is 0.235 e. The molecule has 0 atom stereocenters. The summed E-state index contributed by atoms with van der Waals surface area (Å²) in [5.41, 5.74) is 0.819. The quantitative estimate of drug-likeness (QED) is 0.620. The van der Waals surface area contributed by atoms with Gasteiger partial charge in [-0.25, -0.2) is 8.42 Å². The molecular formula is C12H16ClNO2S2. The highest BCUT2D eigenvalue weighted by Gasteiger charge is 2.26. The van der Waals surface area contributed by atoms with Crippen molar-refractivity contribution in [3.63, 3.8) is 0 Å². The van der Waals surface area contributed by atoms with Crippen molar-refractivity contribution in [1.82, 2.24) is 0 Å². The molecule has 1 aliphatic heterocycles. The number of nitrogens with zero attached hydrogens (tertiary/aromatic N) is 1. The molecule has 0 fully saturated rings. The normalized spacial score (nSPS) is 15.5. The van der Waals surface area contributed by atoms with Crippen LogP contribution in [0, 0.1) is 0 Å². The van der Waals surface area contributed by atoms with Crippen LogP contribution in [0.25, 0.3) is 0 Å². The van der Waals surface area contributed by atoms with E-state index in [2.05, 4.69) is 0 Å². The largest absolute Gasteiger partial charge is 0.268 e. The van der Waals surface area contributed by atoms with Crippen LogP contribution in [0.4, 0.5) is 5.69 Å². The molecule has 1 heterocycles. The van der Waals surface area contributed by atoms with Crippen LogP contribution in [0.1, 0.15) is 12.8 Å². The number of thioether (sulfide) groups is 1. The molecule has 0 aliphatic carbocycles. The second-order valence-electron chi connectivity index (χ2n) is 4.10. The molecule has 1 aromatic rings. The van der Waals surface area contributed by atoms with Crippen LogP contribution in [-0.4, -0.2) is 32.3 Å². The van der Waals surface area contributed by atoms with Crippen LogP contribution in [0.5, 0.6) is 0 Å². The van der Waals surface area contributed by atoms with Gasteiger partial charge in [-0.1, -0.05) is 12.1 Å². The Kier molecular flexibility index (Phi) is 4.81. The lowest BCUT2D eigenvalue weighted by Gasteiger charge is -2.29. The van der Waals surface area contributed by atoms with Gasteiger partial charge in [0.2, 0.25) is 10.0 Å². The first-order chi connectivity index (χ1) is 8.65. The van der Waals surface area contributed by atoms with Gasteiger partial charge in [0.05, 0.1) is 11.4 Å². The average molecular weight is 306 g/mol. The first kappa shape index (κ1) is 14.0. The Morgan fingerprint density at radius 1 is 1.28 bits per heavy atom. The third-order valence-electron chi connectivity index (χ3n) is 2.81. The van der Waals surface area contributed by atoms with E-state index in [1.165, 1.54) is 0 Å². The number of anilines is 1. The summed E-state index contributed by atoms with van der Waals surface area (Å²) in [5, 5.41) is 0. The predicted molar refractivity (Wildman–Crippen MR) is 78.3 cm³/mol. The minimum absolute atomic E-state index is 0.179. The van der Waals surface area contributed by atoms with Crippen LogP contribution < -0.4 is 4.31 Å². The average Bonchev–Trinajstić information content (AvgIpc) is 2.38. The maximum Gasteiger partial charge on any atom is 0.235 e. The lowest BCUT2D eigenvalue weighted by atomic mass is 10.3. The zero-order valence-electron chi connectivity index (χ0n) is 10.0. The molecule has 0 unspecified atom stereocenters. The summed E-state index contributed by atoms with van der Waals surface area (Å²) in [6.45, 7) is 0.560. The summed E-state index contributed by atoms with van der Waals surface area (Å²) in [5.74, 6) is 1.51. The number of rotatable bonds is 5. The molecule has 0 spiro atoms. The number of para-hydroxylation sites is 1. The number of halogens is 1. The Morgan fingerprint density at radius 3 is 2.83 bits per heavy atom. The lowest BCUT2D eigenvalue weighted by molar-refractivity contribution is 0.588. The SMILES string of the molecule is O=S(=O)(CCCCCl)N1CCSc2ccccc21. The number of hydrogen-bond acceptors (Lipinski definition) is 3. The fraction of sp³-hybridized carbons (Fsp3) is 0.500. The lowest BCUT2D eigenvalue weighted by Crippen LogP contribution is -2.37. The number of sulfonamides is 1. The molecule has 6 heteroatoms.